The van der Waals surface area contributed by atoms with Crippen molar-refractivity contribution in [3.05, 3.63) is 88.4 Å². The third kappa shape index (κ3) is 2.65. The van der Waals surface area contributed by atoms with Gasteiger partial charge >= 0.3 is 0 Å². The largest absolute Gasteiger partial charge is 0.493 e. The SMILES string of the molecule is CCOc1ccccc1C(=O)[C@@H]1[C@@H]2CCCN2[C@@]2(C(=O)Nc3ccc(Cl)cc32)[C@]12C(=O)Nc1ccccc12. The molecular weight excluding hydrogens is 502 g/mol. The van der Waals surface area contributed by atoms with E-state index < -0.39 is 16.9 Å². The standard InChI is InChI=1S/C30H26ClN3O4/c1-2-38-24-12-6-3-8-18(24)26(35)25-23-11-7-15-34(23)30(20-16-17(31)13-14-22(20)33-28(30)37)29(25)19-9-4-5-10-21(19)32-27(29)36/h3-6,8-10,12-14,16,23,25H,2,7,11,15H2,1H3,(H,32,36)(H,33,37)/t23-,25-,29-,30-/m0/s1. The zero-order valence-corrected chi connectivity index (χ0v) is 21.5. The molecule has 38 heavy (non-hydrogen) atoms. The van der Waals surface area contributed by atoms with Gasteiger partial charge in [0.15, 0.2) is 5.78 Å². The van der Waals surface area contributed by atoms with Crippen LogP contribution in [0, 0.1) is 5.92 Å². The number of anilines is 2. The molecule has 0 saturated carbocycles. The number of rotatable bonds is 4. The molecule has 192 valence electrons. The van der Waals surface area contributed by atoms with E-state index in [0.717, 1.165) is 6.42 Å². The van der Waals surface area contributed by atoms with E-state index in [1.165, 1.54) is 0 Å². The van der Waals surface area contributed by atoms with Crippen molar-refractivity contribution < 1.29 is 19.1 Å². The second kappa shape index (κ2) is 8.16. The highest BCUT2D eigenvalue weighted by Crippen LogP contribution is 2.68. The molecule has 4 heterocycles. The Bertz CT molecular complexity index is 1540. The summed E-state index contributed by atoms with van der Waals surface area (Å²) in [5.41, 5.74) is 0.0137. The van der Waals surface area contributed by atoms with Crippen LogP contribution in [0.3, 0.4) is 0 Å². The highest BCUT2D eigenvalue weighted by molar-refractivity contribution is 6.31. The number of nitrogens with one attached hydrogen (secondary N) is 2. The summed E-state index contributed by atoms with van der Waals surface area (Å²) in [5, 5.41) is 6.57. The van der Waals surface area contributed by atoms with E-state index in [4.69, 9.17) is 16.3 Å². The van der Waals surface area contributed by atoms with Crippen molar-refractivity contribution in [2.75, 3.05) is 23.8 Å². The van der Waals surface area contributed by atoms with E-state index in [1.54, 1.807) is 36.4 Å². The van der Waals surface area contributed by atoms with Crippen LogP contribution in [0.4, 0.5) is 11.4 Å². The minimum Gasteiger partial charge on any atom is -0.493 e. The lowest BCUT2D eigenvalue weighted by atomic mass is 9.57. The number of carbonyl (C=O) groups excluding carboxylic acids is 3. The van der Waals surface area contributed by atoms with Gasteiger partial charge in [-0.2, -0.15) is 0 Å². The number of nitrogens with zero attached hydrogens (tertiary/aromatic N) is 1. The number of hydrogen-bond acceptors (Lipinski definition) is 5. The van der Waals surface area contributed by atoms with Crippen LogP contribution in [-0.2, 0) is 20.5 Å². The Morgan fingerprint density at radius 2 is 1.74 bits per heavy atom. The maximum atomic E-state index is 14.8. The molecule has 4 aliphatic heterocycles. The van der Waals surface area contributed by atoms with Gasteiger partial charge in [0.05, 0.1) is 18.1 Å². The molecule has 0 aliphatic carbocycles. The number of ketones is 1. The Labute approximate surface area is 225 Å². The minimum atomic E-state index is -1.51. The van der Waals surface area contributed by atoms with Gasteiger partial charge < -0.3 is 15.4 Å². The molecule has 4 atom stereocenters. The second-order valence-corrected chi connectivity index (χ2v) is 10.8. The molecule has 3 aromatic carbocycles. The van der Waals surface area contributed by atoms with E-state index in [2.05, 4.69) is 15.5 Å². The van der Waals surface area contributed by atoms with Gasteiger partial charge in [-0.25, -0.2) is 0 Å². The van der Waals surface area contributed by atoms with Crippen molar-refractivity contribution in [3.8, 4) is 5.75 Å². The van der Waals surface area contributed by atoms with E-state index >= 15 is 0 Å². The quantitative estimate of drug-likeness (QED) is 0.478. The zero-order valence-electron chi connectivity index (χ0n) is 20.8. The lowest BCUT2D eigenvalue weighted by molar-refractivity contribution is -0.137. The minimum absolute atomic E-state index is 0.196. The molecule has 7 rings (SSSR count). The molecular formula is C30H26ClN3O4. The smallest absolute Gasteiger partial charge is 0.251 e. The van der Waals surface area contributed by atoms with Gasteiger partial charge in [-0.05, 0) is 68.3 Å². The average Bonchev–Trinajstić information content (AvgIpc) is 3.63. The molecule has 8 heteroatoms. The Morgan fingerprint density at radius 3 is 2.58 bits per heavy atom. The third-order valence-electron chi connectivity index (χ3n) is 8.79. The fraction of sp³-hybridized carbons (Fsp3) is 0.300. The van der Waals surface area contributed by atoms with Crippen molar-refractivity contribution in [1.82, 2.24) is 4.90 Å². The monoisotopic (exact) mass is 527 g/mol. The van der Waals surface area contributed by atoms with Crippen LogP contribution < -0.4 is 15.4 Å². The normalized spacial score (nSPS) is 28.8. The lowest BCUT2D eigenvalue weighted by Gasteiger charge is -2.43. The van der Waals surface area contributed by atoms with Crippen LogP contribution in [0.2, 0.25) is 5.02 Å². The maximum Gasteiger partial charge on any atom is 0.251 e. The Hall–Kier alpha value is -3.68. The molecule has 0 unspecified atom stereocenters. The molecule has 2 N–H and O–H groups in total. The summed E-state index contributed by atoms with van der Waals surface area (Å²) in [7, 11) is 0. The third-order valence-corrected chi connectivity index (χ3v) is 9.03. The average molecular weight is 528 g/mol. The van der Waals surface area contributed by atoms with Gasteiger partial charge in [0.1, 0.15) is 16.7 Å². The van der Waals surface area contributed by atoms with Crippen molar-refractivity contribution in [3.63, 3.8) is 0 Å². The summed E-state index contributed by atoms with van der Waals surface area (Å²) in [6, 6.07) is 19.5. The van der Waals surface area contributed by atoms with Crippen molar-refractivity contribution in [2.45, 2.75) is 36.8 Å². The second-order valence-electron chi connectivity index (χ2n) is 10.3. The molecule has 4 aliphatic rings. The summed E-state index contributed by atoms with van der Waals surface area (Å²) >= 11 is 6.52. The van der Waals surface area contributed by atoms with Gasteiger partial charge in [-0.3, -0.25) is 19.3 Å². The number of amides is 2. The summed E-state index contributed by atoms with van der Waals surface area (Å²) in [6.07, 6.45) is 1.50. The number of Topliss-reactive ketones (excluding diaryl/α,β-unsaturated/α-hetero) is 1. The predicted molar refractivity (Wildman–Crippen MR) is 144 cm³/mol. The number of carbonyl (C=O) groups is 3. The van der Waals surface area contributed by atoms with Gasteiger partial charge in [0, 0.05) is 28.0 Å². The van der Waals surface area contributed by atoms with Crippen LogP contribution in [-0.4, -0.2) is 41.7 Å². The van der Waals surface area contributed by atoms with Crippen LogP contribution >= 0.6 is 11.6 Å². The first kappa shape index (κ1) is 23.4. The van der Waals surface area contributed by atoms with Gasteiger partial charge in [0.2, 0.25) is 5.91 Å². The maximum absolute atomic E-state index is 14.8. The number of halogens is 1. The summed E-state index contributed by atoms with van der Waals surface area (Å²) < 4.78 is 5.85. The topological polar surface area (TPSA) is 87.7 Å². The van der Waals surface area contributed by atoms with Gasteiger partial charge in [-0.15, -0.1) is 0 Å². The zero-order chi connectivity index (χ0) is 26.2. The van der Waals surface area contributed by atoms with E-state index in [-0.39, 0.29) is 23.6 Å². The molecule has 0 radical (unpaired) electrons. The molecule has 2 saturated heterocycles. The molecule has 0 aromatic heterocycles. The first-order valence-corrected chi connectivity index (χ1v) is 13.4. The van der Waals surface area contributed by atoms with Crippen molar-refractivity contribution in [2.24, 2.45) is 5.92 Å². The Kier molecular flexibility index (Phi) is 5.03. The van der Waals surface area contributed by atoms with E-state index in [1.807, 2.05) is 37.3 Å². The van der Waals surface area contributed by atoms with Crippen molar-refractivity contribution >= 4 is 40.6 Å². The van der Waals surface area contributed by atoms with Crippen LogP contribution in [0.25, 0.3) is 0 Å². The highest BCUT2D eigenvalue weighted by Gasteiger charge is 2.81. The molecule has 0 bridgehead atoms. The number of hydrogen-bond donors (Lipinski definition) is 2. The molecule has 2 fully saturated rings. The van der Waals surface area contributed by atoms with Crippen LogP contribution in [0.1, 0.15) is 41.3 Å². The van der Waals surface area contributed by atoms with Gasteiger partial charge in [0.25, 0.3) is 5.91 Å². The summed E-state index contributed by atoms with van der Waals surface area (Å²) in [6.45, 7) is 2.85. The number of fused-ring (bicyclic) bond motifs is 7. The molecule has 3 aromatic rings. The summed E-state index contributed by atoms with van der Waals surface area (Å²) in [5.74, 6) is -1.19. The Balaban J connectivity index is 1.58. The fourth-order valence-electron chi connectivity index (χ4n) is 7.67. The summed E-state index contributed by atoms with van der Waals surface area (Å²) in [4.78, 5) is 45.8. The van der Waals surface area contributed by atoms with Crippen LogP contribution in [0.5, 0.6) is 5.75 Å². The first-order chi connectivity index (χ1) is 18.5. The van der Waals surface area contributed by atoms with Gasteiger partial charge in [-0.1, -0.05) is 41.9 Å². The first-order valence-electron chi connectivity index (χ1n) is 13.0. The molecule has 2 amide bonds. The number of ether oxygens (including phenoxy) is 1. The van der Waals surface area contributed by atoms with E-state index in [9.17, 15) is 14.4 Å². The van der Waals surface area contributed by atoms with Crippen molar-refractivity contribution in [1.29, 1.82) is 0 Å². The Morgan fingerprint density at radius 1 is 1.00 bits per heavy atom. The fourth-order valence-corrected chi connectivity index (χ4v) is 7.84. The number of para-hydroxylation sites is 2. The molecule has 7 nitrogen and oxygen atoms in total. The van der Waals surface area contributed by atoms with Crippen LogP contribution in [0.15, 0.2) is 66.7 Å². The predicted octanol–water partition coefficient (Wildman–Crippen LogP) is 4.75. The van der Waals surface area contributed by atoms with E-state index in [0.29, 0.717) is 58.4 Å². The molecule has 2 spiro atoms. The highest BCUT2D eigenvalue weighted by atomic mass is 35.5. The number of benzene rings is 3. The lowest BCUT2D eigenvalue weighted by Crippen LogP contribution is -2.62.